The van der Waals surface area contributed by atoms with Crippen molar-refractivity contribution in [1.29, 1.82) is 0 Å². The molecule has 2 rings (SSSR count). The van der Waals surface area contributed by atoms with Crippen LogP contribution in [0, 0.1) is 0 Å². The Labute approximate surface area is 110 Å². The highest BCUT2D eigenvalue weighted by atomic mass is 16.4. The molecular weight excluding hydrogens is 228 g/mol. The Hall–Kier alpha value is -0.610. The van der Waals surface area contributed by atoms with Crippen molar-refractivity contribution in [1.82, 2.24) is 10.2 Å². The first kappa shape index (κ1) is 13.8. The van der Waals surface area contributed by atoms with Gasteiger partial charge in [0.2, 0.25) is 0 Å². The summed E-state index contributed by atoms with van der Waals surface area (Å²) in [5.41, 5.74) is 0.0236. The van der Waals surface area contributed by atoms with Crippen molar-refractivity contribution in [3.05, 3.63) is 0 Å². The monoisotopic (exact) mass is 254 g/mol. The third kappa shape index (κ3) is 3.69. The smallest absolute Gasteiger partial charge is 0.304 e. The highest BCUT2D eigenvalue weighted by Gasteiger charge is 2.35. The number of nitrogens with one attached hydrogen (secondary N) is 1. The molecule has 0 aromatic rings. The summed E-state index contributed by atoms with van der Waals surface area (Å²) in [6.07, 6.45) is 6.83. The Bertz CT molecular complexity index is 298. The third-order valence-electron chi connectivity index (χ3n) is 4.16. The Kier molecular flexibility index (Phi) is 4.28. The van der Waals surface area contributed by atoms with Gasteiger partial charge in [-0.05, 0) is 26.7 Å². The summed E-state index contributed by atoms with van der Waals surface area (Å²) >= 11 is 0. The number of nitrogens with zero attached hydrogens (tertiary/aromatic N) is 1. The molecule has 4 heteroatoms. The highest BCUT2D eigenvalue weighted by Crippen LogP contribution is 2.26. The molecule has 1 aliphatic carbocycles. The molecule has 1 saturated heterocycles. The molecule has 104 valence electrons. The number of piperazine rings is 1. The second-order valence-electron chi connectivity index (χ2n) is 6.54. The molecule has 0 aromatic carbocycles. The van der Waals surface area contributed by atoms with Crippen LogP contribution in [0.5, 0.6) is 0 Å². The SMILES string of the molecule is CC1(C)CN(C2CCCCC2)CC(CC(=O)O)N1. The summed E-state index contributed by atoms with van der Waals surface area (Å²) in [6.45, 7) is 6.28. The van der Waals surface area contributed by atoms with Gasteiger partial charge >= 0.3 is 5.97 Å². The second kappa shape index (κ2) is 5.57. The maximum Gasteiger partial charge on any atom is 0.304 e. The molecule has 1 saturated carbocycles. The Morgan fingerprint density at radius 3 is 2.61 bits per heavy atom. The van der Waals surface area contributed by atoms with Crippen molar-refractivity contribution in [2.24, 2.45) is 0 Å². The predicted octanol–water partition coefficient (Wildman–Crippen LogP) is 1.85. The summed E-state index contributed by atoms with van der Waals surface area (Å²) in [6, 6.07) is 0.768. The maximum absolute atomic E-state index is 10.9. The average molecular weight is 254 g/mol. The fraction of sp³-hybridized carbons (Fsp3) is 0.929. The van der Waals surface area contributed by atoms with Crippen molar-refractivity contribution in [3.8, 4) is 0 Å². The van der Waals surface area contributed by atoms with E-state index in [0.717, 1.165) is 13.1 Å². The van der Waals surface area contributed by atoms with Gasteiger partial charge < -0.3 is 10.4 Å². The van der Waals surface area contributed by atoms with Gasteiger partial charge in [-0.15, -0.1) is 0 Å². The number of rotatable bonds is 3. The Morgan fingerprint density at radius 1 is 1.33 bits per heavy atom. The van der Waals surface area contributed by atoms with E-state index in [2.05, 4.69) is 24.1 Å². The van der Waals surface area contributed by atoms with Crippen LogP contribution in [0.1, 0.15) is 52.4 Å². The molecule has 1 atom stereocenters. The molecule has 0 bridgehead atoms. The number of hydrogen-bond donors (Lipinski definition) is 2. The molecule has 2 aliphatic rings. The zero-order valence-corrected chi connectivity index (χ0v) is 11.6. The highest BCUT2D eigenvalue weighted by molar-refractivity contribution is 5.67. The van der Waals surface area contributed by atoms with Gasteiger partial charge in [-0.3, -0.25) is 9.69 Å². The van der Waals surface area contributed by atoms with Gasteiger partial charge in [0, 0.05) is 30.7 Å². The van der Waals surface area contributed by atoms with Crippen LogP contribution < -0.4 is 5.32 Å². The van der Waals surface area contributed by atoms with Crippen LogP contribution in [0.4, 0.5) is 0 Å². The fourth-order valence-corrected chi connectivity index (χ4v) is 3.55. The van der Waals surface area contributed by atoms with Gasteiger partial charge in [-0.2, -0.15) is 0 Å². The predicted molar refractivity (Wildman–Crippen MR) is 71.7 cm³/mol. The first-order valence-corrected chi connectivity index (χ1v) is 7.20. The molecule has 1 heterocycles. The number of carbonyl (C=O) groups is 1. The van der Waals surface area contributed by atoms with Crippen LogP contribution in [0.25, 0.3) is 0 Å². The summed E-state index contributed by atoms with van der Waals surface area (Å²) in [5.74, 6) is -0.700. The van der Waals surface area contributed by atoms with Gasteiger partial charge in [0.25, 0.3) is 0 Å². The molecule has 1 unspecified atom stereocenters. The molecule has 0 aromatic heterocycles. The van der Waals surface area contributed by atoms with E-state index in [1.165, 1.54) is 32.1 Å². The zero-order valence-electron chi connectivity index (χ0n) is 11.6. The van der Waals surface area contributed by atoms with E-state index in [1.807, 2.05) is 0 Å². The molecule has 1 aliphatic heterocycles. The van der Waals surface area contributed by atoms with E-state index in [-0.39, 0.29) is 18.0 Å². The minimum absolute atomic E-state index is 0.0236. The first-order valence-electron chi connectivity index (χ1n) is 7.20. The van der Waals surface area contributed by atoms with Crippen LogP contribution in [0.15, 0.2) is 0 Å². The van der Waals surface area contributed by atoms with Gasteiger partial charge in [-0.25, -0.2) is 0 Å². The van der Waals surface area contributed by atoms with Crippen molar-refractivity contribution >= 4 is 5.97 Å². The lowest BCUT2D eigenvalue weighted by Crippen LogP contribution is -2.64. The molecule has 0 spiro atoms. The minimum Gasteiger partial charge on any atom is -0.481 e. The molecular formula is C14H26N2O2. The summed E-state index contributed by atoms with van der Waals surface area (Å²) in [7, 11) is 0. The van der Waals surface area contributed by atoms with E-state index in [4.69, 9.17) is 5.11 Å². The van der Waals surface area contributed by atoms with Crippen LogP contribution >= 0.6 is 0 Å². The molecule has 0 radical (unpaired) electrons. The largest absolute Gasteiger partial charge is 0.481 e. The van der Waals surface area contributed by atoms with Gasteiger partial charge in [0.1, 0.15) is 0 Å². The number of carboxylic acids is 1. The minimum atomic E-state index is -0.700. The van der Waals surface area contributed by atoms with Crippen molar-refractivity contribution in [3.63, 3.8) is 0 Å². The lowest BCUT2D eigenvalue weighted by Gasteiger charge is -2.47. The van der Waals surface area contributed by atoms with Crippen LogP contribution in [-0.4, -0.2) is 46.7 Å². The number of carboxylic acid groups (broad SMARTS) is 1. The van der Waals surface area contributed by atoms with E-state index >= 15 is 0 Å². The lowest BCUT2D eigenvalue weighted by atomic mass is 9.89. The topological polar surface area (TPSA) is 52.6 Å². The summed E-state index contributed by atoms with van der Waals surface area (Å²) in [5, 5.41) is 12.4. The van der Waals surface area contributed by atoms with Crippen LogP contribution in [0.2, 0.25) is 0 Å². The third-order valence-corrected chi connectivity index (χ3v) is 4.16. The van der Waals surface area contributed by atoms with Crippen LogP contribution in [-0.2, 0) is 4.79 Å². The van der Waals surface area contributed by atoms with Crippen molar-refractivity contribution in [2.75, 3.05) is 13.1 Å². The number of hydrogen-bond acceptors (Lipinski definition) is 3. The lowest BCUT2D eigenvalue weighted by molar-refractivity contribution is -0.138. The number of aliphatic carboxylic acids is 1. The molecule has 2 fully saturated rings. The quantitative estimate of drug-likeness (QED) is 0.807. The van der Waals surface area contributed by atoms with E-state index in [1.54, 1.807) is 0 Å². The van der Waals surface area contributed by atoms with Gasteiger partial charge in [0.15, 0.2) is 0 Å². The van der Waals surface area contributed by atoms with Crippen molar-refractivity contribution < 1.29 is 9.90 Å². The first-order chi connectivity index (χ1) is 8.46. The van der Waals surface area contributed by atoms with Gasteiger partial charge in [0.05, 0.1) is 6.42 Å². The molecule has 2 N–H and O–H groups in total. The maximum atomic E-state index is 10.9. The second-order valence-corrected chi connectivity index (χ2v) is 6.54. The Balaban J connectivity index is 1.98. The molecule has 0 amide bonds. The van der Waals surface area contributed by atoms with E-state index < -0.39 is 5.97 Å². The van der Waals surface area contributed by atoms with Gasteiger partial charge in [-0.1, -0.05) is 19.3 Å². The van der Waals surface area contributed by atoms with Crippen molar-refractivity contribution in [2.45, 2.75) is 70.0 Å². The zero-order chi connectivity index (χ0) is 13.2. The average Bonchev–Trinajstić information content (AvgIpc) is 2.27. The summed E-state index contributed by atoms with van der Waals surface area (Å²) in [4.78, 5) is 13.4. The van der Waals surface area contributed by atoms with E-state index in [9.17, 15) is 4.79 Å². The summed E-state index contributed by atoms with van der Waals surface area (Å²) < 4.78 is 0. The molecule has 4 nitrogen and oxygen atoms in total. The normalized spacial score (nSPS) is 30.2. The molecule has 18 heavy (non-hydrogen) atoms. The van der Waals surface area contributed by atoms with Crippen LogP contribution in [0.3, 0.4) is 0 Å². The van der Waals surface area contributed by atoms with E-state index in [0.29, 0.717) is 6.04 Å². The Morgan fingerprint density at radius 2 is 2.00 bits per heavy atom. The fourth-order valence-electron chi connectivity index (χ4n) is 3.55. The standard InChI is InChI=1S/C14H26N2O2/c1-14(2)10-16(12-6-4-3-5-7-12)9-11(15-14)8-13(17)18/h11-12,15H,3-10H2,1-2H3,(H,17,18).